The number of esters is 2. The number of para-hydroxylation sites is 2. The quantitative estimate of drug-likeness (QED) is 0.127. The van der Waals surface area contributed by atoms with Crippen molar-refractivity contribution in [1.82, 2.24) is 9.97 Å². The normalized spacial score (nSPS) is 32.2. The van der Waals surface area contributed by atoms with Gasteiger partial charge in [0, 0.05) is 13.8 Å². The summed E-state index contributed by atoms with van der Waals surface area (Å²) in [5, 5.41) is 75.9. The van der Waals surface area contributed by atoms with Crippen molar-refractivity contribution in [3.05, 3.63) is 69.0 Å². The molecule has 4 unspecified atom stereocenters. The molecule has 8 nitrogen and oxygen atoms in total. The number of aromatic nitrogens is 2. The first-order valence-corrected chi connectivity index (χ1v) is 33.3. The molecule has 27 aromatic carbocycles. The van der Waals surface area contributed by atoms with Gasteiger partial charge < -0.3 is 18.9 Å². The number of rotatable bonds is 4. The first-order chi connectivity index (χ1) is 44.3. The first-order valence-electron chi connectivity index (χ1n) is 33.3. The molecule has 1 aromatic heterocycles. The monoisotopic (exact) mass is 1130 g/mol. The Kier molecular flexibility index (Phi) is 3.41. The standard InChI is InChI=1S/C82H22N2O6/c1-13(85)87-11-75-7-9-77(89-75)73-74(84-16-6-4-3-5-15(16)83-73)78-10-8-76(90-78,12-88-14(2)86)80-68-59-52-44-35-27-20-18-17-19-21-22(20)29-33(27)46(52)54-48-37(29)36-28(21)32-26(19)34-30-23(17)25-24(18)31(35)40-42-38(25)41-39(30)49-43(34)51-45(32)53-47(36)57(48)66-69-62(53)58(51)67-60(49)64-55(41)56(42)65(61(68)50(40)44)72(80)71(64)79(67,75)81(69,77)82(78,80)70(66)63(54)59/h3-6H,7-12H2,1-2H3/t75-,76+,77+,78-,79?,80?,81?,82?. The van der Waals surface area contributed by atoms with E-state index in [-0.39, 0.29) is 25.2 Å². The van der Waals surface area contributed by atoms with Crippen molar-refractivity contribution in [1.29, 1.82) is 0 Å². The molecule has 39 rings (SSSR count). The number of carbonyl (C=O) groups is 2. The van der Waals surface area contributed by atoms with Crippen LogP contribution in [0.1, 0.15) is 84.3 Å². The molecule has 0 radical (unpaired) electrons. The molecule has 8 heteroatoms. The van der Waals surface area contributed by atoms with Crippen LogP contribution in [0.2, 0.25) is 0 Å². The highest BCUT2D eigenvalue weighted by Gasteiger charge is 3.06. The maximum absolute atomic E-state index is 14.4. The molecule has 0 N–H and O–H groups in total. The largest absolute Gasteiger partial charge is 0.463 e. The van der Waals surface area contributed by atoms with E-state index in [0.717, 1.165) is 22.4 Å². The van der Waals surface area contributed by atoms with Crippen molar-refractivity contribution in [3.63, 3.8) is 0 Å². The molecule has 0 saturated carbocycles. The lowest BCUT2D eigenvalue weighted by atomic mass is 9.21. The molecule has 4 aliphatic heterocycles. The average Bonchev–Trinajstić information content (AvgIpc) is 1.34. The van der Waals surface area contributed by atoms with E-state index in [1.165, 1.54) is 233 Å². The molecule has 5 heterocycles. The summed E-state index contributed by atoms with van der Waals surface area (Å²) in [5.41, 5.74) is 4.23. The maximum atomic E-state index is 14.4. The third-order valence-corrected chi connectivity index (χ3v) is 32.6. The Morgan fingerprint density at radius 1 is 0.322 bits per heavy atom. The van der Waals surface area contributed by atoms with Crippen LogP contribution in [0, 0.1) is 0 Å². The summed E-state index contributed by atoms with van der Waals surface area (Å²) in [4.78, 5) is 41.4. The second-order valence-electron chi connectivity index (χ2n) is 32.8. The lowest BCUT2D eigenvalue weighted by molar-refractivity contribution is -0.163. The second kappa shape index (κ2) is 8.38. The van der Waals surface area contributed by atoms with Crippen LogP contribution in [-0.4, -0.2) is 46.3 Å². The fourth-order valence-electron chi connectivity index (χ4n) is 33.1. The van der Waals surface area contributed by atoms with Gasteiger partial charge in [-0.1, -0.05) is 12.1 Å². The van der Waals surface area contributed by atoms with Gasteiger partial charge in [0.2, 0.25) is 0 Å². The van der Waals surface area contributed by atoms with Gasteiger partial charge in [0.25, 0.3) is 0 Å². The van der Waals surface area contributed by atoms with E-state index in [2.05, 4.69) is 24.3 Å². The van der Waals surface area contributed by atoms with Crippen LogP contribution < -0.4 is 0 Å². The molecule has 8 atom stereocenters. The average molecular weight is 1130 g/mol. The van der Waals surface area contributed by atoms with Gasteiger partial charge in [-0.3, -0.25) is 9.59 Å². The van der Waals surface area contributed by atoms with Crippen LogP contribution in [0.25, 0.3) is 280 Å². The van der Waals surface area contributed by atoms with Gasteiger partial charge >= 0.3 is 11.9 Å². The lowest BCUT2D eigenvalue weighted by Gasteiger charge is -2.76. The number of fused-ring (bicyclic) bond motifs is 4. The second-order valence-corrected chi connectivity index (χ2v) is 32.8. The van der Waals surface area contributed by atoms with Crippen LogP contribution in [0.15, 0.2) is 24.3 Å². The maximum Gasteiger partial charge on any atom is 0.302 e. The highest BCUT2D eigenvalue weighted by atomic mass is 16.6. The summed E-state index contributed by atoms with van der Waals surface area (Å²) in [6, 6.07) is 8.60. The topological polar surface area (TPSA) is 96.8 Å². The first kappa shape index (κ1) is 36.6. The third-order valence-electron chi connectivity index (χ3n) is 32.6. The number of benzene rings is 18. The Hall–Kier alpha value is -9.86. The van der Waals surface area contributed by atoms with E-state index in [1.807, 2.05) is 0 Å². The Bertz CT molecular complexity index is 8320. The van der Waals surface area contributed by atoms with Crippen molar-refractivity contribution in [2.24, 2.45) is 0 Å². The van der Waals surface area contributed by atoms with Crippen LogP contribution in [0.3, 0.4) is 0 Å². The molecular formula is C82H22N2O6. The SMILES string of the molecule is CC(=O)OC[C@@]12CC[C@]3(O1)c1nc4ccccc4nc1[C@@]14CC[C@@](COC(C)=O)(O1)C15c6c7c8c9c%10c%11c%12c%13c%14c(c%15c%16c1c1c6c6c8c8c%17c9c9c%11c%11c%12c%12c%14c%14c%15c%15c%16c%16c1c1c6c8c6c8c%17c9c9c%11c%11c%12c%14c%12c%15c%14c%16c1c6c1c%14c%12c%11c9c81)C54C%133C7%102. The minimum Gasteiger partial charge on any atom is -0.463 e. The molecule has 4 fully saturated rings. The van der Waals surface area contributed by atoms with E-state index >= 15 is 0 Å². The van der Waals surface area contributed by atoms with Crippen LogP contribution >= 0.6 is 0 Å². The van der Waals surface area contributed by atoms with Crippen molar-refractivity contribution in [2.45, 2.75) is 83.6 Å². The lowest BCUT2D eigenvalue weighted by Crippen LogP contribution is -2.85. The number of hydrogen-bond acceptors (Lipinski definition) is 8. The van der Waals surface area contributed by atoms with Gasteiger partial charge in [-0.05, 0) is 341 Å². The fourth-order valence-corrected chi connectivity index (χ4v) is 33.1. The summed E-state index contributed by atoms with van der Waals surface area (Å²) in [5.74, 6) is -0.547. The van der Waals surface area contributed by atoms with Crippen LogP contribution in [0.4, 0.5) is 0 Å². The van der Waals surface area contributed by atoms with E-state index < -0.39 is 44.1 Å². The molecule has 4 bridgehead atoms. The summed E-state index contributed by atoms with van der Waals surface area (Å²) in [6.07, 6.45) is 2.73. The van der Waals surface area contributed by atoms with Gasteiger partial charge in [0.05, 0.1) is 44.1 Å². The molecule has 90 heavy (non-hydrogen) atoms. The van der Waals surface area contributed by atoms with Crippen molar-refractivity contribution in [3.8, 4) is 0 Å². The molecule has 6 spiro atoms. The Morgan fingerprint density at radius 3 is 0.822 bits per heavy atom. The molecule has 28 aromatic rings. The summed E-state index contributed by atoms with van der Waals surface area (Å²) in [6.45, 7) is 3.49. The van der Waals surface area contributed by atoms with Crippen molar-refractivity contribution < 1.29 is 28.5 Å². The zero-order valence-electron chi connectivity index (χ0n) is 46.9. The minimum atomic E-state index is -1.12. The number of carbonyl (C=O) groups excluding carboxylic acids is 2. The minimum absolute atomic E-state index is 0.117. The van der Waals surface area contributed by atoms with Crippen molar-refractivity contribution in [2.75, 3.05) is 13.2 Å². The third kappa shape index (κ3) is 1.97. The van der Waals surface area contributed by atoms with Crippen molar-refractivity contribution >= 4 is 292 Å². The zero-order chi connectivity index (χ0) is 55.1. The number of ether oxygens (including phenoxy) is 4. The molecular weight excluding hydrogens is 1110 g/mol. The highest BCUT2D eigenvalue weighted by Crippen LogP contribution is 3.02. The predicted octanol–water partition coefficient (Wildman–Crippen LogP) is 17.5. The van der Waals surface area contributed by atoms with Crippen LogP contribution in [0.5, 0.6) is 0 Å². The summed E-state index contributed by atoms with van der Waals surface area (Å²) in [7, 11) is 0. The van der Waals surface area contributed by atoms with E-state index in [0.29, 0.717) is 25.7 Å². The Morgan fingerprint density at radius 2 is 0.556 bits per heavy atom. The molecule has 4 saturated heterocycles. The molecule has 7 aliphatic carbocycles. The molecule has 0 amide bonds. The number of hydrogen-bond donors (Lipinski definition) is 0. The highest BCUT2D eigenvalue weighted by molar-refractivity contribution is 6.81. The Balaban J connectivity index is 1.02. The summed E-state index contributed by atoms with van der Waals surface area (Å²) >= 11 is 0. The van der Waals surface area contributed by atoms with Gasteiger partial charge in [0.15, 0.2) is 0 Å². The summed E-state index contributed by atoms with van der Waals surface area (Å²) < 4.78 is 32.5. The fraction of sp³-hybridized carbons (Fsp3) is 0.195. The molecule has 396 valence electrons. The van der Waals surface area contributed by atoms with Gasteiger partial charge in [-0.15, -0.1) is 0 Å². The van der Waals surface area contributed by atoms with Crippen LogP contribution in [-0.2, 0) is 61.4 Å². The smallest absolute Gasteiger partial charge is 0.302 e. The van der Waals surface area contributed by atoms with E-state index in [9.17, 15) is 19.1 Å². The molecule has 11 aliphatic rings. The predicted molar refractivity (Wildman–Crippen MR) is 351 cm³/mol. The van der Waals surface area contributed by atoms with Gasteiger partial charge in [-0.2, -0.15) is 0 Å². The van der Waals surface area contributed by atoms with Gasteiger partial charge in [0.1, 0.15) is 35.6 Å². The zero-order valence-corrected chi connectivity index (χ0v) is 46.9. The van der Waals surface area contributed by atoms with E-state index in [4.69, 9.17) is 19.4 Å². The van der Waals surface area contributed by atoms with E-state index in [1.54, 1.807) is 83.9 Å². The number of nitrogens with zero attached hydrogens (tertiary/aromatic N) is 2. The Labute approximate surface area is 493 Å². The van der Waals surface area contributed by atoms with Gasteiger partial charge in [-0.25, -0.2) is 9.97 Å².